The fourth-order valence-corrected chi connectivity index (χ4v) is 13.7. The van der Waals surface area contributed by atoms with Gasteiger partial charge >= 0.3 is 5.97 Å². The topological polar surface area (TPSA) is 83.8 Å². The summed E-state index contributed by atoms with van der Waals surface area (Å²) < 4.78 is 74.5. The van der Waals surface area contributed by atoms with E-state index in [0.29, 0.717) is 0 Å². The molecule has 5 nitrogen and oxygen atoms in total. The summed E-state index contributed by atoms with van der Waals surface area (Å²) in [5, 5.41) is 0. The van der Waals surface area contributed by atoms with Crippen LogP contribution in [0.5, 0.6) is 5.75 Å². The van der Waals surface area contributed by atoms with E-state index in [-0.39, 0.29) is 20.3 Å². The van der Waals surface area contributed by atoms with Crippen molar-refractivity contribution in [1.29, 1.82) is 0 Å². The van der Waals surface area contributed by atoms with Gasteiger partial charge in [-0.05, 0) is 55.5 Å². The minimum Gasteiger partial charge on any atom is -0.420 e. The lowest BCUT2D eigenvalue weighted by atomic mass is 10.3. The Balaban J connectivity index is 2.12. The van der Waals surface area contributed by atoms with Gasteiger partial charge < -0.3 is 4.74 Å². The third-order valence-electron chi connectivity index (χ3n) is 5.61. The first kappa shape index (κ1) is 26.4. The summed E-state index contributed by atoms with van der Waals surface area (Å²) in [5.74, 6) is -5.32. The molecule has 0 aromatic heterocycles. The fraction of sp³-hybridized carbons (Fsp3) is 0.0357. The highest BCUT2D eigenvalue weighted by Crippen LogP contribution is 2.81. The summed E-state index contributed by atoms with van der Waals surface area (Å²) in [4.78, 5) is 11.4. The summed E-state index contributed by atoms with van der Waals surface area (Å²) >= 11 is 0. The SMILES string of the molecule is C=C(C)C(=O)Oc1ccc(S(=O)(O)(O)S(c2ccccc2)(c2ccccc2)c2ccccc2)c(F)c1F. The lowest BCUT2D eigenvalue weighted by Gasteiger charge is -2.54. The Morgan fingerprint density at radius 2 is 1.16 bits per heavy atom. The van der Waals surface area contributed by atoms with Gasteiger partial charge in [0.1, 0.15) is 4.90 Å². The second-order valence-electron chi connectivity index (χ2n) is 8.15. The molecule has 0 aliphatic carbocycles. The molecule has 0 bridgehead atoms. The molecule has 4 rings (SSSR count). The smallest absolute Gasteiger partial charge is 0.338 e. The van der Waals surface area contributed by atoms with Gasteiger partial charge in [0.2, 0.25) is 5.82 Å². The highest BCUT2D eigenvalue weighted by molar-refractivity contribution is 8.97. The van der Waals surface area contributed by atoms with E-state index in [1.54, 1.807) is 91.0 Å². The minimum absolute atomic E-state index is 0.0594. The molecule has 192 valence electrons. The molecule has 0 fully saturated rings. The largest absolute Gasteiger partial charge is 0.420 e. The Kier molecular flexibility index (Phi) is 6.91. The van der Waals surface area contributed by atoms with Crippen molar-refractivity contribution < 1.29 is 31.6 Å². The normalized spacial score (nSPS) is 13.3. The molecular weight excluding hydrogens is 518 g/mol. The predicted molar refractivity (Wildman–Crippen MR) is 140 cm³/mol. The quantitative estimate of drug-likeness (QED) is 0.110. The third-order valence-corrected chi connectivity index (χ3v) is 15.4. The molecule has 0 radical (unpaired) electrons. The van der Waals surface area contributed by atoms with Crippen LogP contribution in [0.3, 0.4) is 0 Å². The Hall–Kier alpha value is -3.63. The van der Waals surface area contributed by atoms with Crippen LogP contribution in [-0.2, 0) is 13.5 Å². The van der Waals surface area contributed by atoms with Crippen LogP contribution in [0.15, 0.2) is 135 Å². The maximum Gasteiger partial charge on any atom is 0.338 e. The molecule has 0 aliphatic rings. The fourth-order valence-electron chi connectivity index (χ4n) is 3.95. The van der Waals surface area contributed by atoms with E-state index >= 15 is 8.78 Å². The van der Waals surface area contributed by atoms with Crippen LogP contribution in [0.2, 0.25) is 0 Å². The summed E-state index contributed by atoms with van der Waals surface area (Å²) in [6.45, 7) is 4.72. The maximum atomic E-state index is 15.7. The maximum absolute atomic E-state index is 15.7. The summed E-state index contributed by atoms with van der Waals surface area (Å²) in [7, 11) is -9.97. The summed E-state index contributed by atoms with van der Waals surface area (Å²) in [6, 6.07) is 25.8. The third kappa shape index (κ3) is 4.30. The lowest BCUT2D eigenvalue weighted by molar-refractivity contribution is -0.130. The van der Waals surface area contributed by atoms with E-state index in [1.807, 2.05) is 0 Å². The van der Waals surface area contributed by atoms with Crippen molar-refractivity contribution in [2.24, 2.45) is 0 Å². The van der Waals surface area contributed by atoms with Crippen molar-refractivity contribution in [3.8, 4) is 5.75 Å². The number of esters is 1. The number of halogens is 2. The molecule has 0 unspecified atom stereocenters. The van der Waals surface area contributed by atoms with Crippen LogP contribution in [0.25, 0.3) is 0 Å². The van der Waals surface area contributed by atoms with Crippen LogP contribution in [0.4, 0.5) is 8.78 Å². The summed E-state index contributed by atoms with van der Waals surface area (Å²) in [5.41, 5.74) is -0.0594. The van der Waals surface area contributed by atoms with Gasteiger partial charge in [-0.25, -0.2) is 13.4 Å². The highest BCUT2D eigenvalue weighted by Gasteiger charge is 2.57. The number of hydrogen-bond donors (Lipinski definition) is 2. The van der Waals surface area contributed by atoms with E-state index < -0.39 is 46.0 Å². The van der Waals surface area contributed by atoms with Crippen molar-refractivity contribution >= 4 is 23.7 Å². The van der Waals surface area contributed by atoms with Crippen LogP contribution in [0.1, 0.15) is 6.92 Å². The van der Waals surface area contributed by atoms with Gasteiger partial charge in [-0.3, -0.25) is 9.11 Å². The van der Waals surface area contributed by atoms with Crippen LogP contribution < -0.4 is 4.74 Å². The van der Waals surface area contributed by atoms with Gasteiger partial charge in [-0.1, -0.05) is 70.2 Å². The molecule has 0 amide bonds. The zero-order valence-corrected chi connectivity index (χ0v) is 21.3. The molecule has 0 saturated carbocycles. The lowest BCUT2D eigenvalue weighted by Crippen LogP contribution is -2.39. The van der Waals surface area contributed by atoms with Gasteiger partial charge in [0.05, 0.1) is 0 Å². The first-order valence-electron chi connectivity index (χ1n) is 11.0. The molecular formula is C28H24F2O5S2. The first-order valence-corrected chi connectivity index (χ1v) is 15.0. The van der Waals surface area contributed by atoms with E-state index in [1.165, 1.54) is 6.92 Å². The molecule has 0 heterocycles. The number of benzene rings is 4. The molecule has 4 aromatic rings. The van der Waals surface area contributed by atoms with Crippen LogP contribution in [0, 0.1) is 11.6 Å². The van der Waals surface area contributed by atoms with E-state index in [2.05, 4.69) is 6.58 Å². The molecule has 0 atom stereocenters. The average molecular weight is 543 g/mol. The van der Waals surface area contributed by atoms with Crippen molar-refractivity contribution in [1.82, 2.24) is 0 Å². The number of ether oxygens (including phenoxy) is 1. The van der Waals surface area contributed by atoms with Crippen molar-refractivity contribution in [3.05, 3.63) is 127 Å². The number of rotatable bonds is 7. The van der Waals surface area contributed by atoms with E-state index in [4.69, 9.17) is 4.74 Å². The molecule has 4 aromatic carbocycles. The molecule has 9 heteroatoms. The van der Waals surface area contributed by atoms with Crippen LogP contribution >= 0.6 is 9.06 Å². The van der Waals surface area contributed by atoms with Crippen molar-refractivity contribution in [2.75, 3.05) is 0 Å². The van der Waals surface area contributed by atoms with Gasteiger partial charge in [0.25, 0.3) is 0 Å². The second kappa shape index (κ2) is 9.68. The standard InChI is InChI=1S/C28H24F2O5S2/c1-20(2)28(31)35-24-18-19-25(27(30)26(24)29)37(32,33,34)36(21-12-6-3-7-13-21,22-14-8-4-9-15-22)23-16-10-5-11-17-23/h3-19H,1H2,2H3,(H2,32,33,34). The Morgan fingerprint density at radius 1 is 0.757 bits per heavy atom. The number of carbonyl (C=O) groups is 1. The minimum atomic E-state index is -6.36. The molecule has 0 saturated heterocycles. The first-order chi connectivity index (χ1) is 17.5. The van der Waals surface area contributed by atoms with Gasteiger partial charge in [0.15, 0.2) is 20.2 Å². The summed E-state index contributed by atoms with van der Waals surface area (Å²) in [6.07, 6.45) is 0. The van der Waals surface area contributed by atoms with E-state index in [0.717, 1.165) is 12.1 Å². The monoisotopic (exact) mass is 542 g/mol. The molecule has 0 aliphatic heterocycles. The Morgan fingerprint density at radius 3 is 1.54 bits per heavy atom. The molecule has 37 heavy (non-hydrogen) atoms. The Bertz CT molecular complexity index is 1440. The van der Waals surface area contributed by atoms with Crippen molar-refractivity contribution in [2.45, 2.75) is 26.5 Å². The van der Waals surface area contributed by atoms with Crippen LogP contribution in [-0.4, -0.2) is 19.3 Å². The van der Waals surface area contributed by atoms with Gasteiger partial charge in [-0.2, -0.15) is 4.39 Å². The van der Waals surface area contributed by atoms with Gasteiger partial charge in [0, 0.05) is 20.3 Å². The van der Waals surface area contributed by atoms with Crippen molar-refractivity contribution in [3.63, 3.8) is 0 Å². The average Bonchev–Trinajstić information content (AvgIpc) is 2.88. The molecule has 2 N–H and O–H groups in total. The molecule has 0 spiro atoms. The predicted octanol–water partition coefficient (Wildman–Crippen LogP) is 7.47. The number of carbonyl (C=O) groups excluding carboxylic acids is 1. The number of hydrogen-bond acceptors (Lipinski definition) is 3. The zero-order valence-electron chi connectivity index (χ0n) is 19.7. The Labute approximate surface area is 214 Å². The van der Waals surface area contributed by atoms with Gasteiger partial charge in [-0.15, -0.1) is 0 Å². The highest BCUT2D eigenvalue weighted by atomic mass is 33.2. The zero-order chi connectivity index (χ0) is 26.9. The second-order valence-corrected chi connectivity index (χ2v) is 16.0. The van der Waals surface area contributed by atoms with E-state index in [9.17, 15) is 18.1 Å².